The fourth-order valence-electron chi connectivity index (χ4n) is 4.06. The lowest BCUT2D eigenvalue weighted by molar-refractivity contribution is -0.137. The minimum absolute atomic E-state index is 0.0853. The lowest BCUT2D eigenvalue weighted by Crippen LogP contribution is -2.43. The zero-order chi connectivity index (χ0) is 21.6. The Morgan fingerprint density at radius 1 is 1.06 bits per heavy atom. The molecule has 4 rings (SSSR count). The van der Waals surface area contributed by atoms with Crippen molar-refractivity contribution in [1.29, 1.82) is 0 Å². The number of aryl methyl sites for hydroxylation is 1. The third-order valence-electron chi connectivity index (χ3n) is 5.78. The quantitative estimate of drug-likeness (QED) is 0.771. The van der Waals surface area contributed by atoms with Gasteiger partial charge in [0.25, 0.3) is 11.8 Å². The number of nitrogens with zero attached hydrogens (tertiary/aromatic N) is 1. The number of hydrogen-bond donors (Lipinski definition) is 1. The fourth-order valence-corrected chi connectivity index (χ4v) is 4.06. The van der Waals surface area contributed by atoms with Gasteiger partial charge in [-0.3, -0.25) is 9.59 Å². The first-order valence-electron chi connectivity index (χ1n) is 10.7. The van der Waals surface area contributed by atoms with Gasteiger partial charge in [-0.05, 0) is 61.1 Å². The van der Waals surface area contributed by atoms with E-state index in [9.17, 15) is 9.59 Å². The molecule has 31 heavy (non-hydrogen) atoms. The molecule has 0 bridgehead atoms. The molecule has 1 saturated heterocycles. The summed E-state index contributed by atoms with van der Waals surface area (Å²) in [6.45, 7) is 2.15. The maximum absolute atomic E-state index is 12.9. The van der Waals surface area contributed by atoms with Gasteiger partial charge in [0.2, 0.25) is 0 Å². The van der Waals surface area contributed by atoms with Crippen LogP contribution in [0.1, 0.15) is 34.3 Å². The molecule has 1 aliphatic heterocycles. The van der Waals surface area contributed by atoms with E-state index in [2.05, 4.69) is 11.4 Å². The maximum atomic E-state index is 12.9. The topological polar surface area (TPSA) is 77.1 Å². The Morgan fingerprint density at radius 2 is 1.87 bits per heavy atom. The minimum Gasteiger partial charge on any atom is -0.493 e. The number of ether oxygens (including phenoxy) is 3. The van der Waals surface area contributed by atoms with Gasteiger partial charge in [0, 0.05) is 24.3 Å². The van der Waals surface area contributed by atoms with Gasteiger partial charge in [0.1, 0.15) is 0 Å². The summed E-state index contributed by atoms with van der Waals surface area (Å²) in [4.78, 5) is 26.9. The number of nitrogens with one attached hydrogen (secondary N) is 1. The second-order valence-electron chi connectivity index (χ2n) is 7.75. The largest absolute Gasteiger partial charge is 0.493 e. The van der Waals surface area contributed by atoms with Crippen molar-refractivity contribution in [3.05, 3.63) is 53.1 Å². The molecule has 0 unspecified atom stereocenters. The Bertz CT molecular complexity index is 953. The highest BCUT2D eigenvalue weighted by molar-refractivity contribution is 6.05. The van der Waals surface area contributed by atoms with Gasteiger partial charge in [-0.15, -0.1) is 0 Å². The number of rotatable bonds is 6. The monoisotopic (exact) mass is 424 g/mol. The van der Waals surface area contributed by atoms with E-state index in [4.69, 9.17) is 14.2 Å². The number of benzene rings is 2. The molecule has 0 atom stereocenters. The first-order chi connectivity index (χ1) is 15.2. The number of fused-ring (bicyclic) bond motifs is 1. The van der Waals surface area contributed by atoms with Crippen molar-refractivity contribution in [2.75, 3.05) is 45.3 Å². The molecule has 0 spiro atoms. The van der Waals surface area contributed by atoms with Gasteiger partial charge in [0.05, 0.1) is 20.3 Å². The second kappa shape index (κ2) is 9.83. The van der Waals surface area contributed by atoms with Crippen LogP contribution in [0.3, 0.4) is 0 Å². The van der Waals surface area contributed by atoms with E-state index in [0.29, 0.717) is 43.4 Å². The van der Waals surface area contributed by atoms with Gasteiger partial charge in [-0.2, -0.15) is 0 Å². The lowest BCUT2D eigenvalue weighted by atomic mass is 9.90. The molecule has 1 heterocycles. The van der Waals surface area contributed by atoms with Crippen LogP contribution in [-0.4, -0.2) is 56.7 Å². The molecular weight excluding hydrogens is 396 g/mol. The van der Waals surface area contributed by atoms with Crippen molar-refractivity contribution in [2.45, 2.75) is 25.7 Å². The Labute approximate surface area is 182 Å². The molecule has 0 saturated carbocycles. The van der Waals surface area contributed by atoms with Crippen molar-refractivity contribution in [1.82, 2.24) is 4.90 Å². The van der Waals surface area contributed by atoms with E-state index in [1.54, 1.807) is 23.1 Å². The van der Waals surface area contributed by atoms with Crippen molar-refractivity contribution < 1.29 is 23.8 Å². The molecule has 2 aromatic carbocycles. The zero-order valence-corrected chi connectivity index (χ0v) is 17.8. The third-order valence-corrected chi connectivity index (χ3v) is 5.78. The highest BCUT2D eigenvalue weighted by atomic mass is 16.5. The molecule has 7 heteroatoms. The van der Waals surface area contributed by atoms with Gasteiger partial charge in [-0.25, -0.2) is 0 Å². The average molecular weight is 424 g/mol. The molecule has 0 radical (unpaired) electrons. The maximum Gasteiger partial charge on any atom is 0.260 e. The highest BCUT2D eigenvalue weighted by Crippen LogP contribution is 2.30. The predicted molar refractivity (Wildman–Crippen MR) is 117 cm³/mol. The van der Waals surface area contributed by atoms with Gasteiger partial charge in [-0.1, -0.05) is 12.1 Å². The molecule has 0 aromatic heterocycles. The van der Waals surface area contributed by atoms with E-state index in [1.807, 2.05) is 12.1 Å². The smallest absolute Gasteiger partial charge is 0.260 e. The molecule has 2 amide bonds. The molecule has 164 valence electrons. The number of anilines is 1. The Morgan fingerprint density at radius 3 is 2.68 bits per heavy atom. The Balaban J connectivity index is 1.42. The number of carbonyl (C=O) groups excluding carboxylic acids is 2. The molecular formula is C24H28N2O5. The van der Waals surface area contributed by atoms with E-state index in [0.717, 1.165) is 24.9 Å². The van der Waals surface area contributed by atoms with Crippen molar-refractivity contribution in [3.8, 4) is 11.5 Å². The predicted octanol–water partition coefficient (Wildman–Crippen LogP) is 3.06. The molecule has 2 aliphatic rings. The number of amides is 2. The van der Waals surface area contributed by atoms with Crippen LogP contribution in [0.25, 0.3) is 0 Å². The molecule has 1 N–H and O–H groups in total. The molecule has 7 nitrogen and oxygen atoms in total. The van der Waals surface area contributed by atoms with Gasteiger partial charge < -0.3 is 24.4 Å². The van der Waals surface area contributed by atoms with Gasteiger partial charge >= 0.3 is 0 Å². The Kier molecular flexibility index (Phi) is 6.72. The lowest BCUT2D eigenvalue weighted by Gasteiger charge is -2.26. The number of methoxy groups -OCH3 is 1. The van der Waals surface area contributed by atoms with Crippen LogP contribution in [0, 0.1) is 0 Å². The molecule has 1 fully saturated rings. The van der Waals surface area contributed by atoms with Gasteiger partial charge in [0.15, 0.2) is 18.1 Å². The summed E-state index contributed by atoms with van der Waals surface area (Å²) in [5.41, 5.74) is 3.89. The number of carbonyl (C=O) groups is 2. The summed E-state index contributed by atoms with van der Waals surface area (Å²) >= 11 is 0. The van der Waals surface area contributed by atoms with E-state index >= 15 is 0 Å². The summed E-state index contributed by atoms with van der Waals surface area (Å²) in [5.74, 6) is 0.546. The minimum atomic E-state index is -0.201. The summed E-state index contributed by atoms with van der Waals surface area (Å²) < 4.78 is 16.4. The fraction of sp³-hybridized carbons (Fsp3) is 0.417. The van der Waals surface area contributed by atoms with Crippen LogP contribution in [0.2, 0.25) is 0 Å². The number of hydrogen-bond acceptors (Lipinski definition) is 5. The normalized spacial score (nSPS) is 15.7. The van der Waals surface area contributed by atoms with E-state index in [-0.39, 0.29) is 18.4 Å². The number of morpholine rings is 1. The van der Waals surface area contributed by atoms with Crippen molar-refractivity contribution in [2.24, 2.45) is 0 Å². The summed E-state index contributed by atoms with van der Waals surface area (Å²) in [5, 5.41) is 3.04. The highest BCUT2D eigenvalue weighted by Gasteiger charge is 2.19. The summed E-state index contributed by atoms with van der Waals surface area (Å²) in [7, 11) is 1.52. The second-order valence-corrected chi connectivity index (χ2v) is 7.75. The molecule has 2 aromatic rings. The Hall–Kier alpha value is -3.06. The van der Waals surface area contributed by atoms with Crippen LogP contribution in [0.15, 0.2) is 36.4 Å². The van der Waals surface area contributed by atoms with Crippen molar-refractivity contribution in [3.63, 3.8) is 0 Å². The van der Waals surface area contributed by atoms with Crippen LogP contribution in [0.4, 0.5) is 5.69 Å². The summed E-state index contributed by atoms with van der Waals surface area (Å²) in [6, 6.07) is 11.1. The van der Waals surface area contributed by atoms with Crippen molar-refractivity contribution >= 4 is 17.5 Å². The zero-order valence-electron chi connectivity index (χ0n) is 17.8. The van der Waals surface area contributed by atoms with E-state index in [1.165, 1.54) is 24.7 Å². The standard InChI is InChI=1S/C24H28N2O5/c1-29-22-15-18(9-10-21(22)31-16-23(27)26-11-13-30-14-12-26)24(28)25-20-8-4-6-17-5-2-3-7-19(17)20/h4,6,8-10,15H,2-3,5,7,11-14,16H2,1H3,(H,25,28). The van der Waals surface area contributed by atoms with E-state index < -0.39 is 0 Å². The van der Waals surface area contributed by atoms with Crippen LogP contribution in [0.5, 0.6) is 11.5 Å². The van der Waals surface area contributed by atoms with Crippen LogP contribution >= 0.6 is 0 Å². The third kappa shape index (κ3) is 4.99. The average Bonchev–Trinajstić information content (AvgIpc) is 2.83. The summed E-state index contributed by atoms with van der Waals surface area (Å²) in [6.07, 6.45) is 4.38. The first-order valence-corrected chi connectivity index (χ1v) is 10.7. The van der Waals surface area contributed by atoms with Crippen LogP contribution < -0.4 is 14.8 Å². The molecule has 1 aliphatic carbocycles. The first kappa shape index (κ1) is 21.2. The van der Waals surface area contributed by atoms with Crippen LogP contribution in [-0.2, 0) is 22.4 Å². The SMILES string of the molecule is COc1cc(C(=O)Nc2cccc3c2CCCC3)ccc1OCC(=O)N1CCOCC1.